The molecule has 0 spiro atoms. The number of anilines is 1. The molecule has 1 unspecified atom stereocenters. The van der Waals surface area contributed by atoms with Crippen LogP contribution in [-0.2, 0) is 4.74 Å². The number of carbonyl (C=O) groups is 1. The molecular weight excluding hydrogens is 262 g/mol. The quantitative estimate of drug-likeness (QED) is 0.785. The number of thioether (sulfide) groups is 1. The average molecular weight is 281 g/mol. The van der Waals surface area contributed by atoms with Crippen molar-refractivity contribution in [1.82, 2.24) is 0 Å². The standard InChI is InChI=1S/C14H19NO3S/c1-19-12-4-2-3-11(13(12)14(16)17)15-7-5-10-6-8-18-9-10/h2-4,10,15H,5-9H2,1H3,(H,16,17). The number of nitrogens with one attached hydrogen (secondary N) is 1. The van der Waals surface area contributed by atoms with Gasteiger partial charge in [-0.25, -0.2) is 4.79 Å². The molecular formula is C14H19NO3S. The second-order valence-corrected chi connectivity index (χ2v) is 5.48. The van der Waals surface area contributed by atoms with E-state index in [0.29, 0.717) is 17.2 Å². The van der Waals surface area contributed by atoms with Crippen LogP contribution in [0.25, 0.3) is 0 Å². The summed E-state index contributed by atoms with van der Waals surface area (Å²) in [5, 5.41) is 12.6. The van der Waals surface area contributed by atoms with Gasteiger partial charge in [0.05, 0.1) is 5.56 Å². The van der Waals surface area contributed by atoms with Crippen molar-refractivity contribution in [1.29, 1.82) is 0 Å². The summed E-state index contributed by atoms with van der Waals surface area (Å²) in [6.07, 6.45) is 4.02. The van der Waals surface area contributed by atoms with Gasteiger partial charge in [0.1, 0.15) is 0 Å². The number of rotatable bonds is 6. The van der Waals surface area contributed by atoms with Crippen molar-refractivity contribution < 1.29 is 14.6 Å². The SMILES string of the molecule is CSc1cccc(NCCC2CCOC2)c1C(=O)O. The van der Waals surface area contributed by atoms with Gasteiger partial charge in [0, 0.05) is 30.3 Å². The first kappa shape index (κ1) is 14.2. The molecule has 1 aliphatic rings. The lowest BCUT2D eigenvalue weighted by Crippen LogP contribution is -2.12. The number of carboxylic acid groups (broad SMARTS) is 1. The van der Waals surface area contributed by atoms with Crippen molar-refractivity contribution in [2.45, 2.75) is 17.7 Å². The van der Waals surface area contributed by atoms with E-state index in [1.165, 1.54) is 11.8 Å². The minimum atomic E-state index is -0.878. The minimum absolute atomic E-state index is 0.373. The molecule has 1 atom stereocenters. The molecule has 1 heterocycles. The fourth-order valence-corrected chi connectivity index (χ4v) is 2.91. The first-order valence-electron chi connectivity index (χ1n) is 6.44. The van der Waals surface area contributed by atoms with Crippen LogP contribution in [0.15, 0.2) is 23.1 Å². The molecule has 1 aromatic carbocycles. The molecule has 0 aliphatic carbocycles. The Labute approximate surface area is 117 Å². The van der Waals surface area contributed by atoms with Gasteiger partial charge in [0.25, 0.3) is 0 Å². The van der Waals surface area contributed by atoms with Gasteiger partial charge in [-0.2, -0.15) is 0 Å². The number of ether oxygens (including phenoxy) is 1. The van der Waals surface area contributed by atoms with Crippen LogP contribution < -0.4 is 5.32 Å². The number of hydrogen-bond acceptors (Lipinski definition) is 4. The third-order valence-electron chi connectivity index (χ3n) is 3.35. The Morgan fingerprint density at radius 2 is 2.42 bits per heavy atom. The summed E-state index contributed by atoms with van der Waals surface area (Å²) in [6, 6.07) is 5.55. The Balaban J connectivity index is 2.00. The van der Waals surface area contributed by atoms with Crippen molar-refractivity contribution in [2.75, 3.05) is 31.3 Å². The lowest BCUT2D eigenvalue weighted by Gasteiger charge is -2.13. The van der Waals surface area contributed by atoms with E-state index in [1.807, 2.05) is 24.5 Å². The predicted octanol–water partition coefficient (Wildman–Crippen LogP) is 2.95. The van der Waals surface area contributed by atoms with E-state index in [9.17, 15) is 9.90 Å². The molecule has 0 amide bonds. The smallest absolute Gasteiger partial charge is 0.338 e. The van der Waals surface area contributed by atoms with Gasteiger partial charge in [0.2, 0.25) is 0 Å². The highest BCUT2D eigenvalue weighted by molar-refractivity contribution is 7.98. The second-order valence-electron chi connectivity index (χ2n) is 4.63. The first-order valence-corrected chi connectivity index (χ1v) is 7.66. The third kappa shape index (κ3) is 3.64. The van der Waals surface area contributed by atoms with Crippen molar-refractivity contribution >= 4 is 23.4 Å². The normalized spacial score (nSPS) is 18.5. The lowest BCUT2D eigenvalue weighted by molar-refractivity contribution is 0.0694. The van der Waals surface area contributed by atoms with Gasteiger partial charge in [-0.3, -0.25) is 0 Å². The van der Waals surface area contributed by atoms with Crippen LogP contribution in [0.4, 0.5) is 5.69 Å². The van der Waals surface area contributed by atoms with Crippen molar-refractivity contribution in [3.8, 4) is 0 Å². The fourth-order valence-electron chi connectivity index (χ4n) is 2.29. The summed E-state index contributed by atoms with van der Waals surface area (Å²) in [7, 11) is 0. The van der Waals surface area contributed by atoms with E-state index in [-0.39, 0.29) is 0 Å². The highest BCUT2D eigenvalue weighted by Gasteiger charge is 2.17. The highest BCUT2D eigenvalue weighted by atomic mass is 32.2. The molecule has 2 rings (SSSR count). The first-order chi connectivity index (χ1) is 9.22. The topological polar surface area (TPSA) is 58.6 Å². The monoisotopic (exact) mass is 281 g/mol. The highest BCUT2D eigenvalue weighted by Crippen LogP contribution is 2.27. The molecule has 19 heavy (non-hydrogen) atoms. The molecule has 4 nitrogen and oxygen atoms in total. The Morgan fingerprint density at radius 1 is 1.58 bits per heavy atom. The molecule has 0 radical (unpaired) electrons. The van der Waals surface area contributed by atoms with Crippen molar-refractivity contribution in [3.05, 3.63) is 23.8 Å². The average Bonchev–Trinajstić information content (AvgIpc) is 2.91. The van der Waals surface area contributed by atoms with Crippen LogP contribution in [0, 0.1) is 5.92 Å². The maximum atomic E-state index is 11.3. The molecule has 1 saturated heterocycles. The number of aromatic carboxylic acids is 1. The molecule has 104 valence electrons. The van der Waals surface area contributed by atoms with Crippen molar-refractivity contribution in [2.24, 2.45) is 5.92 Å². The summed E-state index contributed by atoms with van der Waals surface area (Å²) in [4.78, 5) is 12.1. The predicted molar refractivity (Wildman–Crippen MR) is 77.2 cm³/mol. The Kier molecular flexibility index (Phi) is 5.10. The summed E-state index contributed by atoms with van der Waals surface area (Å²) >= 11 is 1.46. The van der Waals surface area contributed by atoms with E-state index in [1.54, 1.807) is 0 Å². The van der Waals surface area contributed by atoms with Crippen molar-refractivity contribution in [3.63, 3.8) is 0 Å². The van der Waals surface area contributed by atoms with Crippen LogP contribution in [0.1, 0.15) is 23.2 Å². The molecule has 5 heteroatoms. The van der Waals surface area contributed by atoms with Gasteiger partial charge < -0.3 is 15.2 Å². The van der Waals surface area contributed by atoms with Gasteiger partial charge in [0.15, 0.2) is 0 Å². The zero-order valence-corrected chi connectivity index (χ0v) is 11.8. The van der Waals surface area contributed by atoms with Crippen LogP contribution in [0.3, 0.4) is 0 Å². The summed E-state index contributed by atoms with van der Waals surface area (Å²) in [5.41, 5.74) is 1.08. The Bertz CT molecular complexity index is 444. The van der Waals surface area contributed by atoms with Gasteiger partial charge in [-0.15, -0.1) is 11.8 Å². The molecule has 0 aromatic heterocycles. The number of carboxylic acids is 1. The molecule has 0 bridgehead atoms. The second kappa shape index (κ2) is 6.82. The molecule has 2 N–H and O–H groups in total. The zero-order chi connectivity index (χ0) is 13.7. The van der Waals surface area contributed by atoms with Crippen LogP contribution >= 0.6 is 11.8 Å². The molecule has 1 fully saturated rings. The summed E-state index contributed by atoms with van der Waals surface area (Å²) in [5.74, 6) is -0.277. The fraction of sp³-hybridized carbons (Fsp3) is 0.500. The number of benzene rings is 1. The van der Waals surface area contributed by atoms with Gasteiger partial charge >= 0.3 is 5.97 Å². The van der Waals surface area contributed by atoms with Gasteiger partial charge in [-0.1, -0.05) is 6.07 Å². The summed E-state index contributed by atoms with van der Waals surface area (Å²) < 4.78 is 5.33. The summed E-state index contributed by atoms with van der Waals surface area (Å²) in [6.45, 7) is 2.47. The van der Waals surface area contributed by atoms with Crippen LogP contribution in [0.5, 0.6) is 0 Å². The zero-order valence-electron chi connectivity index (χ0n) is 11.0. The van der Waals surface area contributed by atoms with E-state index >= 15 is 0 Å². The Morgan fingerprint density at radius 3 is 3.05 bits per heavy atom. The van der Waals surface area contributed by atoms with Crippen LogP contribution in [0.2, 0.25) is 0 Å². The van der Waals surface area contributed by atoms with E-state index in [2.05, 4.69) is 5.32 Å². The van der Waals surface area contributed by atoms with E-state index in [4.69, 9.17) is 4.74 Å². The van der Waals surface area contributed by atoms with E-state index in [0.717, 1.165) is 37.5 Å². The minimum Gasteiger partial charge on any atom is -0.478 e. The molecule has 1 aliphatic heterocycles. The van der Waals surface area contributed by atoms with E-state index < -0.39 is 5.97 Å². The number of hydrogen-bond donors (Lipinski definition) is 2. The maximum absolute atomic E-state index is 11.3. The van der Waals surface area contributed by atoms with Gasteiger partial charge in [-0.05, 0) is 37.1 Å². The maximum Gasteiger partial charge on any atom is 0.338 e. The largest absolute Gasteiger partial charge is 0.478 e. The molecule has 0 saturated carbocycles. The van der Waals surface area contributed by atoms with Crippen LogP contribution in [-0.4, -0.2) is 37.1 Å². The third-order valence-corrected chi connectivity index (χ3v) is 4.13. The Hall–Kier alpha value is -1.20. The lowest BCUT2D eigenvalue weighted by atomic mass is 10.1. The molecule has 1 aromatic rings.